The summed E-state index contributed by atoms with van der Waals surface area (Å²) in [7, 11) is 0. The molecule has 0 saturated heterocycles. The third-order valence-electron chi connectivity index (χ3n) is 2.68. The predicted octanol–water partition coefficient (Wildman–Crippen LogP) is 2.86. The zero-order valence-corrected chi connectivity index (χ0v) is 11.0. The van der Waals surface area contributed by atoms with Crippen molar-refractivity contribution in [3.05, 3.63) is 24.3 Å². The maximum Gasteiger partial charge on any atom is 0.186 e. The summed E-state index contributed by atoms with van der Waals surface area (Å²) in [5.74, 6) is 0. The summed E-state index contributed by atoms with van der Waals surface area (Å²) in [5.41, 5.74) is 6.68. The van der Waals surface area contributed by atoms with Crippen LogP contribution in [0.1, 0.15) is 19.8 Å². The minimum Gasteiger partial charge on any atom is -0.348 e. The number of benzene rings is 1. The smallest absolute Gasteiger partial charge is 0.186 e. The molecule has 1 heterocycles. The highest BCUT2D eigenvalue weighted by atomic mass is 32.1. The molecule has 2 N–H and O–H groups in total. The maximum atomic E-state index is 5.58. The second-order valence-electron chi connectivity index (χ2n) is 4.09. The average molecular weight is 249 g/mol. The number of hydrogen-bond donors (Lipinski definition) is 1. The second kappa shape index (κ2) is 5.98. The minimum absolute atomic E-state index is 0.741. The van der Waals surface area contributed by atoms with Crippen molar-refractivity contribution in [2.24, 2.45) is 5.73 Å². The molecule has 0 fully saturated rings. The quantitative estimate of drug-likeness (QED) is 0.856. The Kier molecular flexibility index (Phi) is 4.34. The van der Waals surface area contributed by atoms with Crippen LogP contribution in [0, 0.1) is 0 Å². The fourth-order valence-corrected chi connectivity index (χ4v) is 2.87. The molecule has 3 nitrogen and oxygen atoms in total. The maximum absolute atomic E-state index is 5.58. The third kappa shape index (κ3) is 2.96. The van der Waals surface area contributed by atoms with E-state index in [1.807, 2.05) is 6.07 Å². The van der Waals surface area contributed by atoms with Crippen LogP contribution in [0.4, 0.5) is 5.13 Å². The van der Waals surface area contributed by atoms with E-state index >= 15 is 0 Å². The van der Waals surface area contributed by atoms with E-state index in [1.165, 1.54) is 4.70 Å². The molecule has 0 aliphatic carbocycles. The molecule has 92 valence electrons. The van der Waals surface area contributed by atoms with Gasteiger partial charge in [-0.3, -0.25) is 0 Å². The SMILES string of the molecule is CCCN(CCCN)c1nc2ccccc2s1. The summed E-state index contributed by atoms with van der Waals surface area (Å²) >= 11 is 1.77. The predicted molar refractivity (Wildman–Crippen MR) is 75.8 cm³/mol. The Morgan fingerprint density at radius 3 is 2.82 bits per heavy atom. The van der Waals surface area contributed by atoms with Crippen molar-refractivity contribution in [3.63, 3.8) is 0 Å². The highest BCUT2D eigenvalue weighted by Gasteiger charge is 2.10. The number of thiazole rings is 1. The summed E-state index contributed by atoms with van der Waals surface area (Å²) in [6, 6.07) is 8.30. The molecule has 0 spiro atoms. The van der Waals surface area contributed by atoms with Crippen LogP contribution in [0.5, 0.6) is 0 Å². The van der Waals surface area contributed by atoms with E-state index in [9.17, 15) is 0 Å². The molecule has 4 heteroatoms. The van der Waals surface area contributed by atoms with Gasteiger partial charge in [-0.25, -0.2) is 4.98 Å². The zero-order valence-electron chi connectivity index (χ0n) is 10.2. The lowest BCUT2D eigenvalue weighted by Gasteiger charge is -2.20. The molecule has 0 aliphatic heterocycles. The van der Waals surface area contributed by atoms with Gasteiger partial charge < -0.3 is 10.6 Å². The molecule has 1 aromatic heterocycles. The van der Waals surface area contributed by atoms with Gasteiger partial charge in [0.2, 0.25) is 0 Å². The van der Waals surface area contributed by atoms with Crippen LogP contribution in [-0.2, 0) is 0 Å². The van der Waals surface area contributed by atoms with E-state index in [2.05, 4.69) is 35.0 Å². The molecule has 0 radical (unpaired) electrons. The van der Waals surface area contributed by atoms with Crippen LogP contribution >= 0.6 is 11.3 Å². The lowest BCUT2D eigenvalue weighted by molar-refractivity contribution is 0.719. The van der Waals surface area contributed by atoms with Gasteiger partial charge in [-0.05, 0) is 31.5 Å². The van der Waals surface area contributed by atoms with Gasteiger partial charge in [-0.1, -0.05) is 30.4 Å². The van der Waals surface area contributed by atoms with Gasteiger partial charge in [0.25, 0.3) is 0 Å². The van der Waals surface area contributed by atoms with Crippen LogP contribution in [-0.4, -0.2) is 24.6 Å². The van der Waals surface area contributed by atoms with Crippen LogP contribution < -0.4 is 10.6 Å². The molecule has 0 saturated carbocycles. The topological polar surface area (TPSA) is 42.1 Å². The first-order chi connectivity index (χ1) is 8.35. The number of rotatable bonds is 6. The number of fused-ring (bicyclic) bond motifs is 1. The standard InChI is InChI=1S/C13H19N3S/c1-2-9-16(10-5-8-14)13-15-11-6-3-4-7-12(11)17-13/h3-4,6-7H,2,5,8-10,14H2,1H3. The van der Waals surface area contributed by atoms with Crippen molar-refractivity contribution in [1.29, 1.82) is 0 Å². The summed E-state index contributed by atoms with van der Waals surface area (Å²) in [6.07, 6.45) is 2.16. The number of para-hydroxylation sites is 1. The monoisotopic (exact) mass is 249 g/mol. The molecule has 2 rings (SSSR count). The molecule has 17 heavy (non-hydrogen) atoms. The van der Waals surface area contributed by atoms with Gasteiger partial charge in [0, 0.05) is 13.1 Å². The first-order valence-electron chi connectivity index (χ1n) is 6.15. The fraction of sp³-hybridized carbons (Fsp3) is 0.462. The number of aromatic nitrogens is 1. The van der Waals surface area contributed by atoms with Crippen LogP contribution in [0.3, 0.4) is 0 Å². The first kappa shape index (κ1) is 12.3. The minimum atomic E-state index is 0.741. The van der Waals surface area contributed by atoms with Gasteiger partial charge >= 0.3 is 0 Å². The lowest BCUT2D eigenvalue weighted by Crippen LogP contribution is -2.26. The number of nitrogens with zero attached hydrogens (tertiary/aromatic N) is 2. The Labute approximate surface area is 106 Å². The Balaban J connectivity index is 2.21. The second-order valence-corrected chi connectivity index (χ2v) is 5.10. The van der Waals surface area contributed by atoms with E-state index in [0.29, 0.717) is 0 Å². The van der Waals surface area contributed by atoms with Crippen molar-refractivity contribution in [3.8, 4) is 0 Å². The number of hydrogen-bond acceptors (Lipinski definition) is 4. The van der Waals surface area contributed by atoms with Crippen LogP contribution in [0.2, 0.25) is 0 Å². The van der Waals surface area contributed by atoms with Gasteiger partial charge in [0.05, 0.1) is 10.2 Å². The number of nitrogens with two attached hydrogens (primary N) is 1. The molecule has 1 aromatic carbocycles. The Bertz CT molecular complexity index is 433. The third-order valence-corrected chi connectivity index (χ3v) is 3.78. The summed E-state index contributed by atoms with van der Waals surface area (Å²) < 4.78 is 1.26. The van der Waals surface area contributed by atoms with E-state index in [0.717, 1.165) is 43.1 Å². The Hall–Kier alpha value is -1.13. The van der Waals surface area contributed by atoms with Gasteiger partial charge in [-0.15, -0.1) is 0 Å². The molecule has 2 aromatic rings. The van der Waals surface area contributed by atoms with E-state index in [4.69, 9.17) is 5.73 Å². The highest BCUT2D eigenvalue weighted by molar-refractivity contribution is 7.22. The Morgan fingerprint density at radius 2 is 2.12 bits per heavy atom. The molecular formula is C13H19N3S. The van der Waals surface area contributed by atoms with Crippen molar-refractivity contribution in [2.45, 2.75) is 19.8 Å². The van der Waals surface area contributed by atoms with Crippen molar-refractivity contribution < 1.29 is 0 Å². The molecule has 0 bridgehead atoms. The van der Waals surface area contributed by atoms with Crippen molar-refractivity contribution in [2.75, 3.05) is 24.5 Å². The Morgan fingerprint density at radius 1 is 1.29 bits per heavy atom. The summed E-state index contributed by atoms with van der Waals surface area (Å²) in [5, 5.41) is 1.13. The lowest BCUT2D eigenvalue weighted by atomic mass is 10.3. The summed E-state index contributed by atoms with van der Waals surface area (Å²) in [6.45, 7) is 5.00. The molecule has 0 amide bonds. The average Bonchev–Trinajstić information content (AvgIpc) is 2.78. The summed E-state index contributed by atoms with van der Waals surface area (Å²) in [4.78, 5) is 7.03. The fourth-order valence-electron chi connectivity index (χ4n) is 1.85. The largest absolute Gasteiger partial charge is 0.348 e. The molecular weight excluding hydrogens is 230 g/mol. The molecule has 0 unspecified atom stereocenters. The number of anilines is 1. The van der Waals surface area contributed by atoms with Gasteiger partial charge in [0.15, 0.2) is 5.13 Å². The zero-order chi connectivity index (χ0) is 12.1. The van der Waals surface area contributed by atoms with Gasteiger partial charge in [-0.2, -0.15) is 0 Å². The highest BCUT2D eigenvalue weighted by Crippen LogP contribution is 2.28. The normalized spacial score (nSPS) is 10.9. The van der Waals surface area contributed by atoms with Crippen LogP contribution in [0.25, 0.3) is 10.2 Å². The first-order valence-corrected chi connectivity index (χ1v) is 6.97. The molecule has 0 aliphatic rings. The van der Waals surface area contributed by atoms with Crippen LogP contribution in [0.15, 0.2) is 24.3 Å². The molecule has 0 atom stereocenters. The van der Waals surface area contributed by atoms with Gasteiger partial charge in [0.1, 0.15) is 0 Å². The van der Waals surface area contributed by atoms with E-state index < -0.39 is 0 Å². The van der Waals surface area contributed by atoms with Crippen molar-refractivity contribution >= 4 is 26.7 Å². The van der Waals surface area contributed by atoms with E-state index in [-0.39, 0.29) is 0 Å². The van der Waals surface area contributed by atoms with Crippen molar-refractivity contribution in [1.82, 2.24) is 4.98 Å². The van der Waals surface area contributed by atoms with E-state index in [1.54, 1.807) is 11.3 Å².